The Morgan fingerprint density at radius 1 is 1.15 bits per heavy atom. The molecule has 0 heterocycles. The molecule has 1 saturated carbocycles. The third-order valence-corrected chi connectivity index (χ3v) is 9.23. The van der Waals surface area contributed by atoms with Gasteiger partial charge in [-0.05, 0) is 56.2 Å². The Hall–Kier alpha value is -2.39. The normalized spacial score (nSPS) is 25.6. The zero-order valence-electron chi connectivity index (χ0n) is 19.0. The van der Waals surface area contributed by atoms with Crippen molar-refractivity contribution in [3.05, 3.63) is 58.9 Å². The van der Waals surface area contributed by atoms with Crippen LogP contribution in [0.4, 0.5) is 18.9 Å². The van der Waals surface area contributed by atoms with Crippen LogP contribution in [0.3, 0.4) is 0 Å². The van der Waals surface area contributed by atoms with Crippen LogP contribution in [0.2, 0.25) is 0 Å². The van der Waals surface area contributed by atoms with Crippen molar-refractivity contribution < 1.29 is 31.5 Å². The molecular formula is C24H28F3NO4S. The Kier molecular flexibility index (Phi) is 6.96. The highest BCUT2D eigenvalue weighted by atomic mass is 32.2. The Morgan fingerprint density at radius 3 is 2.33 bits per heavy atom. The molecule has 2 aromatic carbocycles. The fraction of sp³-hybridized carbons (Fsp3) is 0.458. The Balaban J connectivity index is 1.91. The van der Waals surface area contributed by atoms with E-state index in [1.54, 1.807) is 13.8 Å². The number of halogens is 3. The maximum atomic E-state index is 13.5. The number of nitrogens with one attached hydrogen (secondary N) is 1. The van der Waals surface area contributed by atoms with Gasteiger partial charge in [0.15, 0.2) is 27.3 Å². The van der Waals surface area contributed by atoms with Crippen LogP contribution in [0.15, 0.2) is 35.2 Å². The zero-order valence-corrected chi connectivity index (χ0v) is 19.8. The number of carbonyl (C=O) groups excluding carboxylic acids is 1. The first-order valence-corrected chi connectivity index (χ1v) is 12.4. The van der Waals surface area contributed by atoms with Gasteiger partial charge in [0.25, 0.3) is 5.91 Å². The summed E-state index contributed by atoms with van der Waals surface area (Å²) in [5.74, 6) is -5.76. The number of rotatable bonds is 5. The maximum absolute atomic E-state index is 13.5. The molecule has 1 fully saturated rings. The van der Waals surface area contributed by atoms with Gasteiger partial charge in [-0.1, -0.05) is 26.3 Å². The van der Waals surface area contributed by atoms with Gasteiger partial charge in [0.1, 0.15) is 0 Å². The lowest BCUT2D eigenvalue weighted by Crippen LogP contribution is -2.49. The van der Waals surface area contributed by atoms with Gasteiger partial charge in [0.05, 0.1) is 15.7 Å². The minimum absolute atomic E-state index is 0.000197. The summed E-state index contributed by atoms with van der Waals surface area (Å²) in [7, 11) is -3.83. The van der Waals surface area contributed by atoms with E-state index < -0.39 is 44.0 Å². The Labute approximate surface area is 191 Å². The number of anilines is 1. The average Bonchev–Trinajstić information content (AvgIpc) is 2.73. The van der Waals surface area contributed by atoms with Crippen molar-refractivity contribution in [1.29, 1.82) is 0 Å². The minimum Gasteiger partial charge on any atom is -0.390 e. The van der Waals surface area contributed by atoms with Crippen molar-refractivity contribution in [1.82, 2.24) is 0 Å². The summed E-state index contributed by atoms with van der Waals surface area (Å²) >= 11 is 0. The van der Waals surface area contributed by atoms with E-state index >= 15 is 0 Å². The predicted octanol–water partition coefficient (Wildman–Crippen LogP) is 5.01. The van der Waals surface area contributed by atoms with E-state index in [1.807, 2.05) is 13.8 Å². The topological polar surface area (TPSA) is 83.5 Å². The summed E-state index contributed by atoms with van der Waals surface area (Å²) < 4.78 is 67.1. The molecule has 1 aliphatic carbocycles. The number of hydrogen-bond donors (Lipinski definition) is 2. The van der Waals surface area contributed by atoms with Crippen LogP contribution in [-0.4, -0.2) is 30.3 Å². The van der Waals surface area contributed by atoms with Gasteiger partial charge in [-0.25, -0.2) is 21.6 Å². The standard InChI is InChI=1S/C24H28F3NO4S/c1-5-16-10-18(8-14(3)24(16,4)30)33(31,32)21-9-15(7-6-13(21)2)23(29)28-17-11-19(25)22(27)20(26)12-17/h6-7,9,11-12,14,16,18,30H,5,8,10H2,1-4H3,(H,28,29)/t14-,16?,18-,24-/m0/s1. The van der Waals surface area contributed by atoms with Crippen LogP contribution in [0, 0.1) is 36.2 Å². The third-order valence-electron chi connectivity index (χ3n) is 6.92. The van der Waals surface area contributed by atoms with Gasteiger partial charge < -0.3 is 10.4 Å². The zero-order chi connectivity index (χ0) is 24.7. The lowest BCUT2D eigenvalue weighted by molar-refractivity contribution is -0.0729. The van der Waals surface area contributed by atoms with Gasteiger partial charge in [-0.3, -0.25) is 4.79 Å². The highest BCUT2D eigenvalue weighted by molar-refractivity contribution is 7.92. The molecule has 180 valence electrons. The van der Waals surface area contributed by atoms with Crippen LogP contribution in [0.25, 0.3) is 0 Å². The smallest absolute Gasteiger partial charge is 0.255 e. The lowest BCUT2D eigenvalue weighted by Gasteiger charge is -2.45. The van der Waals surface area contributed by atoms with E-state index in [9.17, 15) is 31.5 Å². The number of aryl methyl sites for hydroxylation is 1. The van der Waals surface area contributed by atoms with Crippen LogP contribution in [-0.2, 0) is 9.84 Å². The number of carbonyl (C=O) groups is 1. The van der Waals surface area contributed by atoms with Crippen molar-refractivity contribution in [2.24, 2.45) is 11.8 Å². The van der Waals surface area contributed by atoms with E-state index in [0.717, 1.165) is 0 Å². The molecule has 2 aromatic rings. The van der Waals surface area contributed by atoms with Gasteiger partial charge in [-0.2, -0.15) is 0 Å². The Morgan fingerprint density at radius 2 is 1.76 bits per heavy atom. The molecule has 0 bridgehead atoms. The molecule has 1 aliphatic rings. The second-order valence-electron chi connectivity index (χ2n) is 9.06. The van der Waals surface area contributed by atoms with Gasteiger partial charge >= 0.3 is 0 Å². The second-order valence-corrected chi connectivity index (χ2v) is 11.3. The first kappa shape index (κ1) is 25.2. The van der Waals surface area contributed by atoms with Crippen LogP contribution in [0.1, 0.15) is 56.0 Å². The molecule has 0 spiro atoms. The summed E-state index contributed by atoms with van der Waals surface area (Å²) in [5.41, 5.74) is -0.816. The van der Waals surface area contributed by atoms with Crippen molar-refractivity contribution >= 4 is 21.4 Å². The van der Waals surface area contributed by atoms with Crippen LogP contribution >= 0.6 is 0 Å². The summed E-state index contributed by atoms with van der Waals surface area (Å²) in [6.07, 6.45) is 1.23. The number of aliphatic hydroxyl groups is 1. The van der Waals surface area contributed by atoms with E-state index in [2.05, 4.69) is 5.32 Å². The molecule has 5 nitrogen and oxygen atoms in total. The SMILES string of the molecule is CCC1C[C@@H](S(=O)(=O)c2cc(C(=O)Nc3cc(F)c(F)c(F)c3)ccc2C)C[C@H](C)[C@]1(C)O. The molecule has 4 atom stereocenters. The molecule has 33 heavy (non-hydrogen) atoms. The molecular weight excluding hydrogens is 455 g/mol. The molecule has 9 heteroatoms. The molecule has 0 aromatic heterocycles. The lowest BCUT2D eigenvalue weighted by atomic mass is 9.69. The highest BCUT2D eigenvalue weighted by Crippen LogP contribution is 2.43. The monoisotopic (exact) mass is 483 g/mol. The predicted molar refractivity (Wildman–Crippen MR) is 119 cm³/mol. The van der Waals surface area contributed by atoms with Crippen molar-refractivity contribution in [3.63, 3.8) is 0 Å². The second kappa shape index (κ2) is 9.10. The highest BCUT2D eigenvalue weighted by Gasteiger charge is 2.46. The van der Waals surface area contributed by atoms with Gasteiger partial charge in [-0.15, -0.1) is 0 Å². The maximum Gasteiger partial charge on any atom is 0.255 e. The van der Waals surface area contributed by atoms with Crippen molar-refractivity contribution in [3.8, 4) is 0 Å². The number of sulfone groups is 1. The van der Waals surface area contributed by atoms with Crippen molar-refractivity contribution in [2.75, 3.05) is 5.32 Å². The molecule has 3 rings (SSSR count). The van der Waals surface area contributed by atoms with Gasteiger partial charge in [0, 0.05) is 23.4 Å². The number of benzene rings is 2. The average molecular weight is 484 g/mol. The first-order chi connectivity index (χ1) is 15.3. The molecule has 0 aliphatic heterocycles. The Bertz CT molecular complexity index is 1160. The quantitative estimate of drug-likeness (QED) is 0.586. The fourth-order valence-corrected chi connectivity index (χ4v) is 6.77. The summed E-state index contributed by atoms with van der Waals surface area (Å²) in [5, 5.41) is 12.4. The largest absolute Gasteiger partial charge is 0.390 e. The summed E-state index contributed by atoms with van der Waals surface area (Å²) in [6.45, 7) is 7.12. The van der Waals surface area contributed by atoms with E-state index in [4.69, 9.17) is 0 Å². The van der Waals surface area contributed by atoms with Gasteiger partial charge in [0.2, 0.25) is 0 Å². The molecule has 2 N–H and O–H groups in total. The summed E-state index contributed by atoms with van der Waals surface area (Å²) in [4.78, 5) is 12.6. The van der Waals surface area contributed by atoms with E-state index in [-0.39, 0.29) is 34.4 Å². The van der Waals surface area contributed by atoms with Crippen LogP contribution in [0.5, 0.6) is 0 Å². The molecule has 0 saturated heterocycles. The van der Waals surface area contributed by atoms with E-state index in [1.165, 1.54) is 18.2 Å². The fourth-order valence-electron chi connectivity index (χ4n) is 4.58. The first-order valence-electron chi connectivity index (χ1n) is 10.8. The number of hydrogen-bond acceptors (Lipinski definition) is 4. The molecule has 0 radical (unpaired) electrons. The summed E-state index contributed by atoms with van der Waals surface area (Å²) in [6, 6.07) is 5.43. The molecule has 1 amide bonds. The number of amides is 1. The minimum atomic E-state index is -3.83. The van der Waals surface area contributed by atoms with Crippen molar-refractivity contribution in [2.45, 2.75) is 62.7 Å². The van der Waals surface area contributed by atoms with E-state index in [0.29, 0.717) is 30.5 Å². The molecule has 1 unspecified atom stereocenters. The third kappa shape index (κ3) is 4.80. The van der Waals surface area contributed by atoms with Crippen LogP contribution < -0.4 is 5.32 Å².